The molecule has 2 aliphatic heterocycles. The number of hydrogen-bond donors (Lipinski definition) is 1. The molecule has 0 radical (unpaired) electrons. The number of thiazole rings is 1. The molecule has 0 bridgehead atoms. The first kappa shape index (κ1) is 22.9. The topological polar surface area (TPSA) is 88.8 Å². The van der Waals surface area contributed by atoms with Crippen LogP contribution in [0.4, 0.5) is 9.52 Å². The first-order valence-corrected chi connectivity index (χ1v) is 12.1. The van der Waals surface area contributed by atoms with Gasteiger partial charge in [-0.05, 0) is 24.3 Å². The average Bonchev–Trinajstić information content (AvgIpc) is 3.22. The molecule has 3 aromatic rings. The molecule has 2 aromatic carbocycles. The minimum absolute atomic E-state index is 0.147. The van der Waals surface area contributed by atoms with E-state index in [9.17, 15) is 14.0 Å². The first-order chi connectivity index (χ1) is 16.3. The van der Waals surface area contributed by atoms with Crippen LogP contribution in [0.15, 0.2) is 30.9 Å². The Morgan fingerprint density at radius 1 is 1.32 bits per heavy atom. The summed E-state index contributed by atoms with van der Waals surface area (Å²) in [6.45, 7) is 4.99. The third kappa shape index (κ3) is 3.68. The second-order valence-corrected chi connectivity index (χ2v) is 9.84. The van der Waals surface area contributed by atoms with Gasteiger partial charge < -0.3 is 20.3 Å². The number of piperazine rings is 1. The van der Waals surface area contributed by atoms with Crippen molar-refractivity contribution in [2.75, 3.05) is 32.0 Å². The fourth-order valence-electron chi connectivity index (χ4n) is 4.49. The molecule has 5 rings (SSSR count). The summed E-state index contributed by atoms with van der Waals surface area (Å²) in [7, 11) is 0. The Kier molecular flexibility index (Phi) is 5.87. The summed E-state index contributed by atoms with van der Waals surface area (Å²) < 4.78 is 20.6. The zero-order valence-corrected chi connectivity index (χ0v) is 20.1. The van der Waals surface area contributed by atoms with E-state index < -0.39 is 5.82 Å². The average molecular weight is 521 g/mol. The van der Waals surface area contributed by atoms with Gasteiger partial charge in [-0.25, -0.2) is 9.37 Å². The second kappa shape index (κ2) is 8.72. The van der Waals surface area contributed by atoms with Crippen LogP contribution in [0, 0.1) is 5.82 Å². The predicted molar refractivity (Wildman–Crippen MR) is 131 cm³/mol. The lowest BCUT2D eigenvalue weighted by Gasteiger charge is -2.42. The number of ether oxygens (including phenoxy) is 1. The van der Waals surface area contributed by atoms with Gasteiger partial charge in [-0.1, -0.05) is 41.1 Å². The molecule has 176 valence electrons. The zero-order valence-electron chi connectivity index (χ0n) is 17.8. The number of hydrogen-bond acceptors (Lipinski definition) is 6. The number of nitrogens with zero attached hydrogens (tertiary/aromatic N) is 3. The van der Waals surface area contributed by atoms with Gasteiger partial charge >= 0.3 is 0 Å². The molecule has 3 heterocycles. The number of anilines is 1. The van der Waals surface area contributed by atoms with Crippen molar-refractivity contribution in [2.45, 2.75) is 12.5 Å². The van der Waals surface area contributed by atoms with Crippen molar-refractivity contribution in [1.82, 2.24) is 14.8 Å². The van der Waals surface area contributed by atoms with E-state index in [0.29, 0.717) is 47.4 Å². The molecule has 2 aliphatic rings. The SMILES string of the molecule is C=CC(=O)N1CCN2C(=O)c3cc(Cl)c(-c4ccc(F)c5sc(N)nc45)c(Cl)c3OCCC2C1. The van der Waals surface area contributed by atoms with Crippen LogP contribution in [-0.2, 0) is 4.79 Å². The van der Waals surface area contributed by atoms with Crippen LogP contribution >= 0.6 is 34.5 Å². The number of carbonyl (C=O) groups excluding carboxylic acids is 2. The summed E-state index contributed by atoms with van der Waals surface area (Å²) in [5.74, 6) is -0.671. The van der Waals surface area contributed by atoms with Crippen LogP contribution in [0.25, 0.3) is 21.3 Å². The molecule has 11 heteroatoms. The molecule has 2 N–H and O–H groups in total. The number of fused-ring (bicyclic) bond motifs is 3. The van der Waals surface area contributed by atoms with E-state index in [1.54, 1.807) is 9.80 Å². The largest absolute Gasteiger partial charge is 0.491 e. The van der Waals surface area contributed by atoms with E-state index in [4.69, 9.17) is 33.7 Å². The molecule has 1 unspecified atom stereocenters. The van der Waals surface area contributed by atoms with Crippen molar-refractivity contribution in [1.29, 1.82) is 0 Å². The van der Waals surface area contributed by atoms with Crippen LogP contribution in [-0.4, -0.2) is 58.9 Å². The molecule has 1 atom stereocenters. The van der Waals surface area contributed by atoms with Crippen LogP contribution in [0.2, 0.25) is 10.0 Å². The van der Waals surface area contributed by atoms with Crippen molar-refractivity contribution >= 4 is 61.7 Å². The van der Waals surface area contributed by atoms with Gasteiger partial charge in [0, 0.05) is 37.2 Å². The summed E-state index contributed by atoms with van der Waals surface area (Å²) in [5.41, 5.74) is 7.28. The Hall–Kier alpha value is -2.88. The lowest BCUT2D eigenvalue weighted by atomic mass is 9.99. The predicted octanol–water partition coefficient (Wildman–Crippen LogP) is 4.61. The standard InChI is InChI=1S/C23H19Cl2FN4O3S/c1-2-16(31)29-6-7-30-11(10-29)5-8-33-20-13(22(30)32)9-14(24)17(18(20)25)12-3-4-15(26)21-19(12)28-23(27)34-21/h2-4,9,11H,1,5-8,10H2,(H2,27,28). The van der Waals surface area contributed by atoms with E-state index >= 15 is 0 Å². The smallest absolute Gasteiger partial charge is 0.258 e. The highest BCUT2D eigenvalue weighted by atomic mass is 35.5. The third-order valence-corrected chi connectivity index (χ3v) is 7.66. The number of amides is 2. The number of rotatable bonds is 2. The van der Waals surface area contributed by atoms with Gasteiger partial charge in [-0.2, -0.15) is 0 Å². The number of halogens is 3. The fraction of sp³-hybridized carbons (Fsp3) is 0.261. The van der Waals surface area contributed by atoms with E-state index in [1.807, 2.05) is 0 Å². The Labute approximate surface area is 208 Å². The van der Waals surface area contributed by atoms with E-state index in [1.165, 1.54) is 24.3 Å². The summed E-state index contributed by atoms with van der Waals surface area (Å²) in [5, 5.41) is 0.568. The van der Waals surface area contributed by atoms with Gasteiger partial charge in [0.2, 0.25) is 5.91 Å². The highest BCUT2D eigenvalue weighted by Crippen LogP contribution is 2.47. The van der Waals surface area contributed by atoms with Gasteiger partial charge in [0.05, 0.1) is 38.5 Å². The summed E-state index contributed by atoms with van der Waals surface area (Å²) >= 11 is 14.4. The molecular weight excluding hydrogens is 502 g/mol. The number of aromatic nitrogens is 1. The Morgan fingerprint density at radius 2 is 2.12 bits per heavy atom. The molecule has 0 aliphatic carbocycles. The molecule has 34 heavy (non-hydrogen) atoms. The van der Waals surface area contributed by atoms with Gasteiger partial charge in [0.25, 0.3) is 5.91 Å². The van der Waals surface area contributed by atoms with Gasteiger partial charge in [-0.3, -0.25) is 9.59 Å². The van der Waals surface area contributed by atoms with Crippen molar-refractivity contribution in [3.05, 3.63) is 52.3 Å². The lowest BCUT2D eigenvalue weighted by Crippen LogP contribution is -2.57. The zero-order chi connectivity index (χ0) is 24.1. The first-order valence-electron chi connectivity index (χ1n) is 10.5. The number of nitrogen functional groups attached to an aromatic ring is 1. The van der Waals surface area contributed by atoms with Crippen molar-refractivity contribution < 1.29 is 18.7 Å². The fourth-order valence-corrected chi connectivity index (χ4v) is 5.97. The monoisotopic (exact) mass is 520 g/mol. The molecular formula is C23H19Cl2FN4O3S. The van der Waals surface area contributed by atoms with Gasteiger partial charge in [0.1, 0.15) is 5.82 Å². The molecule has 1 fully saturated rings. The molecule has 1 saturated heterocycles. The Bertz CT molecular complexity index is 1360. The van der Waals surface area contributed by atoms with Crippen molar-refractivity contribution in [3.8, 4) is 16.9 Å². The maximum Gasteiger partial charge on any atom is 0.258 e. The molecule has 0 saturated carbocycles. The molecule has 7 nitrogen and oxygen atoms in total. The van der Waals surface area contributed by atoms with Gasteiger partial charge in [0.15, 0.2) is 10.9 Å². The highest BCUT2D eigenvalue weighted by molar-refractivity contribution is 7.22. The number of benzene rings is 2. The second-order valence-electron chi connectivity index (χ2n) is 8.03. The Balaban J connectivity index is 1.58. The molecule has 2 amide bonds. The highest BCUT2D eigenvalue weighted by Gasteiger charge is 2.36. The van der Waals surface area contributed by atoms with Gasteiger partial charge in [-0.15, -0.1) is 0 Å². The number of nitrogens with two attached hydrogens (primary N) is 1. The van der Waals surface area contributed by atoms with Crippen LogP contribution in [0.3, 0.4) is 0 Å². The van der Waals surface area contributed by atoms with E-state index in [2.05, 4.69) is 11.6 Å². The van der Waals surface area contributed by atoms with E-state index in [0.717, 1.165) is 11.3 Å². The lowest BCUT2D eigenvalue weighted by molar-refractivity contribution is -0.128. The van der Waals surface area contributed by atoms with Crippen molar-refractivity contribution in [2.24, 2.45) is 0 Å². The maximum atomic E-state index is 14.3. The maximum absolute atomic E-state index is 14.3. The molecule has 1 aromatic heterocycles. The summed E-state index contributed by atoms with van der Waals surface area (Å²) in [6.07, 6.45) is 1.79. The third-order valence-electron chi connectivity index (χ3n) is 6.11. The minimum atomic E-state index is -0.446. The van der Waals surface area contributed by atoms with Crippen LogP contribution in [0.1, 0.15) is 16.8 Å². The molecule has 0 spiro atoms. The summed E-state index contributed by atoms with van der Waals surface area (Å²) in [6, 6.07) is 4.16. The number of carbonyl (C=O) groups is 2. The van der Waals surface area contributed by atoms with Crippen LogP contribution in [0.5, 0.6) is 5.75 Å². The van der Waals surface area contributed by atoms with E-state index in [-0.39, 0.29) is 51.0 Å². The Morgan fingerprint density at radius 3 is 2.88 bits per heavy atom. The normalized spacial score (nSPS) is 18.1. The van der Waals surface area contributed by atoms with Crippen LogP contribution < -0.4 is 10.5 Å². The minimum Gasteiger partial charge on any atom is -0.491 e. The van der Waals surface area contributed by atoms with Crippen molar-refractivity contribution in [3.63, 3.8) is 0 Å². The quantitative estimate of drug-likeness (QED) is 0.498. The summed E-state index contributed by atoms with van der Waals surface area (Å²) in [4.78, 5) is 33.2.